The van der Waals surface area contributed by atoms with Gasteiger partial charge in [-0.2, -0.15) is 0 Å². The molecule has 4 rings (SSSR count). The van der Waals surface area contributed by atoms with Crippen molar-refractivity contribution in [3.05, 3.63) is 71.7 Å². The van der Waals surface area contributed by atoms with E-state index in [0.29, 0.717) is 11.5 Å². The molecule has 8 heteroatoms. The third-order valence-electron chi connectivity index (χ3n) is 5.11. The number of carbonyl (C=O) groups excluding carboxylic acids is 2. The fourth-order valence-corrected chi connectivity index (χ4v) is 6.13. The molecular weight excluding hydrogens is 420 g/mol. The molecule has 2 aliphatic rings. The largest absolute Gasteiger partial charge is 0.477 e. The van der Waals surface area contributed by atoms with Crippen LogP contribution in [0.3, 0.4) is 0 Å². The number of Topliss-reactive ketones (excluding diaryl/α,β-unsaturated/α-hetero) is 1. The summed E-state index contributed by atoms with van der Waals surface area (Å²) in [6, 6.07) is 13.3. The molecule has 6 nitrogen and oxygen atoms in total. The molecule has 154 valence electrons. The van der Waals surface area contributed by atoms with Crippen molar-refractivity contribution >= 4 is 41.2 Å². The third kappa shape index (κ3) is 4.29. The standard InChI is InChI=1S/C22H20N2O4S2/c25-16(10-14-6-8-23-9-7-14)11-18-20(26)24-19(22(27)28)15(13-30-21(18)24)12-29-17-4-2-1-3-5-17/h1-9,18,21H,10-13H2,(H,27,28)/t18-,21?/m1/s1. The van der Waals surface area contributed by atoms with E-state index in [1.54, 1.807) is 48.1 Å². The van der Waals surface area contributed by atoms with Gasteiger partial charge in [-0.15, -0.1) is 23.5 Å². The van der Waals surface area contributed by atoms with Gasteiger partial charge in [0.2, 0.25) is 5.91 Å². The van der Waals surface area contributed by atoms with Crippen molar-refractivity contribution < 1.29 is 19.5 Å². The lowest BCUT2D eigenvalue weighted by Gasteiger charge is -2.49. The Morgan fingerprint density at radius 1 is 1.17 bits per heavy atom. The first-order valence-corrected chi connectivity index (χ1v) is 11.6. The number of rotatable bonds is 8. The monoisotopic (exact) mass is 440 g/mol. The van der Waals surface area contributed by atoms with Crippen LogP contribution in [0.2, 0.25) is 0 Å². The van der Waals surface area contributed by atoms with Crippen molar-refractivity contribution in [3.63, 3.8) is 0 Å². The van der Waals surface area contributed by atoms with E-state index in [9.17, 15) is 19.5 Å². The maximum atomic E-state index is 12.8. The van der Waals surface area contributed by atoms with Crippen LogP contribution in [0.4, 0.5) is 0 Å². The smallest absolute Gasteiger partial charge is 0.352 e. The molecule has 0 aliphatic carbocycles. The zero-order valence-corrected chi connectivity index (χ0v) is 17.7. The van der Waals surface area contributed by atoms with E-state index in [4.69, 9.17) is 0 Å². The molecule has 0 saturated carbocycles. The average molecular weight is 441 g/mol. The molecule has 1 N–H and O–H groups in total. The zero-order valence-electron chi connectivity index (χ0n) is 16.1. The molecule has 1 amide bonds. The molecule has 3 heterocycles. The number of thioether (sulfide) groups is 2. The Labute approximate surface area is 182 Å². The predicted molar refractivity (Wildman–Crippen MR) is 116 cm³/mol. The van der Waals surface area contributed by atoms with Gasteiger partial charge in [-0.1, -0.05) is 18.2 Å². The fourth-order valence-electron chi connectivity index (χ4n) is 3.66. The fraction of sp³-hybridized carbons (Fsp3) is 0.273. The molecule has 1 saturated heterocycles. The van der Waals surface area contributed by atoms with Crippen molar-refractivity contribution in [1.29, 1.82) is 0 Å². The van der Waals surface area contributed by atoms with Crippen LogP contribution >= 0.6 is 23.5 Å². The van der Waals surface area contributed by atoms with Gasteiger partial charge in [0.25, 0.3) is 0 Å². The zero-order chi connectivity index (χ0) is 21.1. The quantitative estimate of drug-likeness (QED) is 0.498. The van der Waals surface area contributed by atoms with Gasteiger partial charge in [0, 0.05) is 41.6 Å². The summed E-state index contributed by atoms with van der Waals surface area (Å²) in [6.45, 7) is 0. The molecular formula is C22H20N2O4S2. The number of fused-ring (bicyclic) bond motifs is 1. The maximum absolute atomic E-state index is 12.8. The number of nitrogens with zero attached hydrogens (tertiary/aromatic N) is 2. The molecule has 1 fully saturated rings. The Morgan fingerprint density at radius 2 is 1.90 bits per heavy atom. The number of aromatic nitrogens is 1. The first-order chi connectivity index (χ1) is 14.5. The highest BCUT2D eigenvalue weighted by molar-refractivity contribution is 8.01. The first-order valence-electron chi connectivity index (χ1n) is 9.53. The number of benzene rings is 1. The normalized spacial score (nSPS) is 20.5. The number of hydrogen-bond acceptors (Lipinski definition) is 6. The minimum absolute atomic E-state index is 0.0221. The number of carbonyl (C=O) groups is 3. The van der Waals surface area contributed by atoms with Crippen LogP contribution in [0.1, 0.15) is 12.0 Å². The minimum Gasteiger partial charge on any atom is -0.477 e. The summed E-state index contributed by atoms with van der Waals surface area (Å²) < 4.78 is 0. The van der Waals surface area contributed by atoms with Gasteiger partial charge in [0.05, 0.1) is 11.3 Å². The number of aliphatic carboxylic acids is 1. The van der Waals surface area contributed by atoms with Crippen LogP contribution < -0.4 is 0 Å². The molecule has 2 aromatic rings. The number of β-lactam (4-membered cyclic amide) rings is 1. The lowest BCUT2D eigenvalue weighted by atomic mass is 9.89. The molecule has 1 aromatic heterocycles. The van der Waals surface area contributed by atoms with Crippen LogP contribution in [0, 0.1) is 5.92 Å². The van der Waals surface area contributed by atoms with E-state index in [2.05, 4.69) is 4.98 Å². The molecule has 2 aliphatic heterocycles. The van der Waals surface area contributed by atoms with Gasteiger partial charge >= 0.3 is 5.97 Å². The van der Waals surface area contributed by atoms with Crippen LogP contribution in [0.15, 0.2) is 71.0 Å². The van der Waals surface area contributed by atoms with Crippen molar-refractivity contribution in [1.82, 2.24) is 9.88 Å². The van der Waals surface area contributed by atoms with Gasteiger partial charge in [0.1, 0.15) is 11.5 Å². The van der Waals surface area contributed by atoms with E-state index < -0.39 is 11.9 Å². The van der Waals surface area contributed by atoms with Gasteiger partial charge in [-0.25, -0.2) is 4.79 Å². The highest BCUT2D eigenvalue weighted by atomic mass is 32.2. The highest BCUT2D eigenvalue weighted by Crippen LogP contribution is 2.46. The van der Waals surface area contributed by atoms with Gasteiger partial charge in [-0.05, 0) is 35.4 Å². The summed E-state index contributed by atoms with van der Waals surface area (Å²) >= 11 is 3.10. The third-order valence-corrected chi connectivity index (χ3v) is 7.61. The number of hydrogen-bond donors (Lipinski definition) is 1. The molecule has 0 bridgehead atoms. The second kappa shape index (κ2) is 9.06. The summed E-state index contributed by atoms with van der Waals surface area (Å²) in [6.07, 6.45) is 3.66. The maximum Gasteiger partial charge on any atom is 0.352 e. The van der Waals surface area contributed by atoms with Gasteiger partial charge in [-0.3, -0.25) is 19.5 Å². The predicted octanol–water partition coefficient (Wildman–Crippen LogP) is 3.25. The summed E-state index contributed by atoms with van der Waals surface area (Å²) in [5.41, 5.74) is 1.69. The molecule has 0 spiro atoms. The van der Waals surface area contributed by atoms with Gasteiger partial charge in [0.15, 0.2) is 0 Å². The average Bonchev–Trinajstić information content (AvgIpc) is 2.76. The first kappa shape index (κ1) is 20.7. The molecule has 1 unspecified atom stereocenters. The summed E-state index contributed by atoms with van der Waals surface area (Å²) in [7, 11) is 0. The molecule has 1 aromatic carbocycles. The van der Waals surface area contributed by atoms with Crippen molar-refractivity contribution in [2.24, 2.45) is 5.92 Å². The molecule has 2 atom stereocenters. The lowest BCUT2D eigenvalue weighted by molar-refractivity contribution is -0.153. The number of pyridine rings is 1. The number of carboxylic acid groups (broad SMARTS) is 1. The summed E-state index contributed by atoms with van der Waals surface area (Å²) in [4.78, 5) is 43.5. The van der Waals surface area contributed by atoms with E-state index in [1.807, 2.05) is 30.3 Å². The van der Waals surface area contributed by atoms with E-state index in [1.165, 1.54) is 4.90 Å². The second-order valence-electron chi connectivity index (χ2n) is 7.15. The molecule has 30 heavy (non-hydrogen) atoms. The van der Waals surface area contributed by atoms with E-state index >= 15 is 0 Å². The Hall–Kier alpha value is -2.58. The van der Waals surface area contributed by atoms with Crippen molar-refractivity contribution in [2.45, 2.75) is 23.1 Å². The topological polar surface area (TPSA) is 87.6 Å². The van der Waals surface area contributed by atoms with Crippen LogP contribution in [0.25, 0.3) is 0 Å². The second-order valence-corrected chi connectivity index (χ2v) is 9.30. The van der Waals surface area contributed by atoms with E-state index in [-0.39, 0.29) is 35.6 Å². The number of carboxylic acids is 1. The van der Waals surface area contributed by atoms with Crippen molar-refractivity contribution in [2.75, 3.05) is 11.5 Å². The lowest BCUT2D eigenvalue weighted by Crippen LogP contribution is -2.62. The van der Waals surface area contributed by atoms with Crippen LogP contribution in [-0.4, -0.2) is 49.5 Å². The molecule has 0 radical (unpaired) electrons. The Bertz CT molecular complexity index is 995. The van der Waals surface area contributed by atoms with E-state index in [0.717, 1.165) is 16.0 Å². The number of amides is 1. The summed E-state index contributed by atoms with van der Waals surface area (Å²) in [5, 5.41) is 9.48. The van der Waals surface area contributed by atoms with Gasteiger partial charge < -0.3 is 5.11 Å². The van der Waals surface area contributed by atoms with Crippen LogP contribution in [-0.2, 0) is 20.8 Å². The van der Waals surface area contributed by atoms with Crippen molar-refractivity contribution in [3.8, 4) is 0 Å². The minimum atomic E-state index is -1.08. The Balaban J connectivity index is 1.43. The SMILES string of the molecule is O=C(Cc1ccncc1)C[C@@H]1C(=O)N2C(C(=O)O)=C(CSc3ccccc3)CSC12. The highest BCUT2D eigenvalue weighted by Gasteiger charge is 2.53. The van der Waals surface area contributed by atoms with Crippen LogP contribution in [0.5, 0.6) is 0 Å². The summed E-state index contributed by atoms with van der Waals surface area (Å²) in [5.74, 6) is -0.770. The number of ketones is 1. The Kier molecular flexibility index (Phi) is 6.24. The Morgan fingerprint density at radius 3 is 2.60 bits per heavy atom.